The number of primary amides is 1. The summed E-state index contributed by atoms with van der Waals surface area (Å²) in [5, 5.41) is 2.35. The quantitative estimate of drug-likeness (QED) is 0.694. The molecule has 1 heterocycles. The fourth-order valence-electron chi connectivity index (χ4n) is 2.14. The minimum absolute atomic E-state index is 0.136. The van der Waals surface area contributed by atoms with Crippen LogP contribution in [0.25, 0.3) is 0 Å². The van der Waals surface area contributed by atoms with Crippen LogP contribution < -0.4 is 11.1 Å². The lowest BCUT2D eigenvalue weighted by molar-refractivity contribution is -0.151. The molecule has 1 rings (SSSR count). The highest BCUT2D eigenvalue weighted by atomic mass is 16.5. The van der Waals surface area contributed by atoms with E-state index in [1.54, 1.807) is 18.7 Å². The molecule has 0 bridgehead atoms. The van der Waals surface area contributed by atoms with Crippen LogP contribution in [0.15, 0.2) is 0 Å². The van der Waals surface area contributed by atoms with E-state index in [1.165, 1.54) is 0 Å². The Kier molecular flexibility index (Phi) is 5.59. The summed E-state index contributed by atoms with van der Waals surface area (Å²) in [7, 11) is 0. The third-order valence-electron chi connectivity index (χ3n) is 3.16. The molecule has 7 heteroatoms. The van der Waals surface area contributed by atoms with Crippen LogP contribution in [-0.4, -0.2) is 48.5 Å². The molecule has 3 amide bonds. The summed E-state index contributed by atoms with van der Waals surface area (Å²) in [6.45, 7) is 4.72. The molecule has 1 unspecified atom stereocenters. The number of likely N-dealkylation sites (tertiary alicyclic amines) is 1. The first kappa shape index (κ1) is 15.3. The van der Waals surface area contributed by atoms with Crippen LogP contribution in [0.3, 0.4) is 0 Å². The number of carbonyl (C=O) groups excluding carboxylic acids is 3. The molecule has 1 aliphatic rings. The topological polar surface area (TPSA) is 102 Å². The molecule has 0 aliphatic carbocycles. The number of rotatable bonds is 4. The first-order valence-corrected chi connectivity index (χ1v) is 6.47. The van der Waals surface area contributed by atoms with Crippen molar-refractivity contribution < 1.29 is 19.1 Å². The minimum atomic E-state index is -0.720. The van der Waals surface area contributed by atoms with Gasteiger partial charge >= 0.3 is 12.0 Å². The van der Waals surface area contributed by atoms with Crippen LogP contribution in [0.5, 0.6) is 0 Å². The molecule has 1 saturated heterocycles. The molecular formula is C12H21N3O4. The summed E-state index contributed by atoms with van der Waals surface area (Å²) in [5.41, 5.74) is 4.97. The maximum atomic E-state index is 12.0. The number of carbonyl (C=O) groups is 3. The highest BCUT2D eigenvalue weighted by Gasteiger charge is 2.30. The number of nitrogens with one attached hydrogen (secondary N) is 1. The van der Waals surface area contributed by atoms with E-state index in [0.717, 1.165) is 0 Å². The summed E-state index contributed by atoms with van der Waals surface area (Å²) in [6.07, 6.45) is 1.18. The standard InChI is InChI=1S/C12H21N3O4/c1-3-19-11(17)9-4-6-15(7-5-9)10(16)8(2)14-12(13)18/h8-9H,3-7H2,1-2H3,(H3,13,14,18). The van der Waals surface area contributed by atoms with Crippen LogP contribution in [0.1, 0.15) is 26.7 Å². The number of urea groups is 1. The second-order valence-electron chi connectivity index (χ2n) is 4.58. The number of nitrogens with two attached hydrogens (primary N) is 1. The van der Waals surface area contributed by atoms with Crippen LogP contribution in [0.2, 0.25) is 0 Å². The highest BCUT2D eigenvalue weighted by molar-refractivity contribution is 5.86. The van der Waals surface area contributed by atoms with Gasteiger partial charge in [-0.05, 0) is 26.7 Å². The number of amides is 3. The molecule has 0 aromatic heterocycles. The number of piperidine rings is 1. The van der Waals surface area contributed by atoms with Crippen molar-refractivity contribution in [3.8, 4) is 0 Å². The van der Waals surface area contributed by atoms with Gasteiger partial charge in [0.2, 0.25) is 5.91 Å². The molecule has 0 saturated carbocycles. The third kappa shape index (κ3) is 4.42. The monoisotopic (exact) mass is 271 g/mol. The van der Waals surface area contributed by atoms with Crippen molar-refractivity contribution in [3.63, 3.8) is 0 Å². The summed E-state index contributed by atoms with van der Waals surface area (Å²) in [5.74, 6) is -0.512. The normalized spacial score (nSPS) is 17.7. The SMILES string of the molecule is CCOC(=O)C1CCN(C(=O)C(C)NC(N)=O)CC1. The zero-order valence-electron chi connectivity index (χ0n) is 11.3. The van der Waals surface area contributed by atoms with E-state index < -0.39 is 12.1 Å². The molecule has 1 atom stereocenters. The zero-order chi connectivity index (χ0) is 14.4. The Morgan fingerprint density at radius 3 is 2.42 bits per heavy atom. The number of ether oxygens (including phenoxy) is 1. The molecule has 1 fully saturated rings. The van der Waals surface area contributed by atoms with Crippen molar-refractivity contribution >= 4 is 17.9 Å². The van der Waals surface area contributed by atoms with Gasteiger partial charge in [0.1, 0.15) is 6.04 Å². The van der Waals surface area contributed by atoms with Crippen molar-refractivity contribution in [1.29, 1.82) is 0 Å². The van der Waals surface area contributed by atoms with Gasteiger partial charge in [-0.2, -0.15) is 0 Å². The van der Waals surface area contributed by atoms with Crippen LogP contribution in [0.4, 0.5) is 4.79 Å². The first-order valence-electron chi connectivity index (χ1n) is 6.47. The van der Waals surface area contributed by atoms with Gasteiger partial charge in [-0.1, -0.05) is 0 Å². The molecule has 0 aromatic carbocycles. The number of hydrogen-bond acceptors (Lipinski definition) is 4. The Hall–Kier alpha value is -1.79. The lowest BCUT2D eigenvalue weighted by Gasteiger charge is -2.32. The van der Waals surface area contributed by atoms with Crippen LogP contribution >= 0.6 is 0 Å². The van der Waals surface area contributed by atoms with Gasteiger partial charge in [-0.25, -0.2) is 4.79 Å². The highest BCUT2D eigenvalue weighted by Crippen LogP contribution is 2.19. The Balaban J connectivity index is 2.43. The smallest absolute Gasteiger partial charge is 0.312 e. The molecule has 0 spiro atoms. The largest absolute Gasteiger partial charge is 0.466 e. The second kappa shape index (κ2) is 6.96. The number of nitrogens with zero attached hydrogens (tertiary/aromatic N) is 1. The summed E-state index contributed by atoms with van der Waals surface area (Å²) >= 11 is 0. The third-order valence-corrected chi connectivity index (χ3v) is 3.16. The van der Waals surface area contributed by atoms with E-state index in [2.05, 4.69) is 5.32 Å². The molecule has 3 N–H and O–H groups in total. The first-order chi connectivity index (χ1) is 8.95. The number of esters is 1. The van der Waals surface area contributed by atoms with Crippen molar-refractivity contribution in [2.75, 3.05) is 19.7 Å². The molecule has 7 nitrogen and oxygen atoms in total. The van der Waals surface area contributed by atoms with Gasteiger partial charge in [0.25, 0.3) is 0 Å². The van der Waals surface area contributed by atoms with E-state index in [-0.39, 0.29) is 17.8 Å². The van der Waals surface area contributed by atoms with Gasteiger partial charge in [0, 0.05) is 13.1 Å². The minimum Gasteiger partial charge on any atom is -0.466 e. The van der Waals surface area contributed by atoms with Gasteiger partial charge in [-0.3, -0.25) is 9.59 Å². The Morgan fingerprint density at radius 2 is 1.95 bits per heavy atom. The van der Waals surface area contributed by atoms with Gasteiger partial charge in [0.15, 0.2) is 0 Å². The van der Waals surface area contributed by atoms with Crippen molar-refractivity contribution in [2.45, 2.75) is 32.7 Å². The van der Waals surface area contributed by atoms with Crippen LogP contribution in [0, 0.1) is 5.92 Å². The molecule has 1 aliphatic heterocycles. The average molecular weight is 271 g/mol. The van der Waals surface area contributed by atoms with Gasteiger partial charge in [0.05, 0.1) is 12.5 Å². The maximum Gasteiger partial charge on any atom is 0.312 e. The zero-order valence-corrected chi connectivity index (χ0v) is 11.3. The van der Waals surface area contributed by atoms with Gasteiger partial charge in [-0.15, -0.1) is 0 Å². The fraction of sp³-hybridized carbons (Fsp3) is 0.750. The summed E-state index contributed by atoms with van der Waals surface area (Å²) in [4.78, 5) is 35.9. The Bertz CT molecular complexity index is 351. The number of hydrogen-bond donors (Lipinski definition) is 2. The second-order valence-corrected chi connectivity index (χ2v) is 4.58. The summed E-state index contributed by atoms with van der Waals surface area (Å²) < 4.78 is 4.96. The predicted molar refractivity (Wildman–Crippen MR) is 68.1 cm³/mol. The van der Waals surface area contributed by atoms with Crippen molar-refractivity contribution in [1.82, 2.24) is 10.2 Å². The molecule has 108 valence electrons. The Morgan fingerprint density at radius 1 is 1.37 bits per heavy atom. The fourth-order valence-corrected chi connectivity index (χ4v) is 2.14. The van der Waals surface area contributed by atoms with Crippen LogP contribution in [-0.2, 0) is 14.3 Å². The van der Waals surface area contributed by atoms with Gasteiger partial charge < -0.3 is 20.7 Å². The predicted octanol–water partition coefficient (Wildman–Crippen LogP) is -0.155. The molecular weight excluding hydrogens is 250 g/mol. The summed E-state index contributed by atoms with van der Waals surface area (Å²) in [6, 6.07) is -1.36. The molecule has 19 heavy (non-hydrogen) atoms. The van der Waals surface area contributed by atoms with E-state index >= 15 is 0 Å². The average Bonchev–Trinajstić information content (AvgIpc) is 2.37. The van der Waals surface area contributed by atoms with E-state index in [4.69, 9.17) is 10.5 Å². The van der Waals surface area contributed by atoms with Crippen molar-refractivity contribution in [3.05, 3.63) is 0 Å². The maximum absolute atomic E-state index is 12.0. The lowest BCUT2D eigenvalue weighted by Crippen LogP contribution is -2.51. The van der Waals surface area contributed by atoms with E-state index in [1.807, 2.05) is 0 Å². The molecule has 0 radical (unpaired) electrons. The van der Waals surface area contributed by atoms with Crippen molar-refractivity contribution in [2.24, 2.45) is 11.7 Å². The lowest BCUT2D eigenvalue weighted by atomic mass is 9.96. The van der Waals surface area contributed by atoms with E-state index in [9.17, 15) is 14.4 Å². The Labute approximate surface area is 112 Å². The molecule has 0 aromatic rings. The van der Waals surface area contributed by atoms with E-state index in [0.29, 0.717) is 32.5 Å².